The molecule has 3 heterocycles. The Morgan fingerprint density at radius 2 is 2.38 bits per heavy atom. The summed E-state index contributed by atoms with van der Waals surface area (Å²) < 4.78 is 5.88. The summed E-state index contributed by atoms with van der Waals surface area (Å²) in [5, 5.41) is 10.1. The van der Waals surface area contributed by atoms with Crippen LogP contribution in [0.2, 0.25) is 0 Å². The van der Waals surface area contributed by atoms with Crippen molar-refractivity contribution in [3.63, 3.8) is 0 Å². The minimum Gasteiger partial charge on any atom is -0.464 e. The van der Waals surface area contributed by atoms with E-state index in [0.29, 0.717) is 11.6 Å². The van der Waals surface area contributed by atoms with Crippen molar-refractivity contribution in [3.05, 3.63) is 35.5 Å². The Labute approximate surface area is 123 Å². The summed E-state index contributed by atoms with van der Waals surface area (Å²) in [4.78, 5) is 14.4. The number of aromatic amines is 1. The average molecular weight is 288 g/mol. The summed E-state index contributed by atoms with van der Waals surface area (Å²) in [7, 11) is 0. The zero-order valence-corrected chi connectivity index (χ0v) is 12.4. The van der Waals surface area contributed by atoms with Crippen LogP contribution in [0.15, 0.2) is 22.7 Å². The molecule has 0 spiro atoms. The smallest absolute Gasteiger partial charge is 0.276 e. The molecule has 1 aliphatic rings. The molecule has 0 bridgehead atoms. The summed E-state index contributed by atoms with van der Waals surface area (Å²) in [6.45, 7) is 5.00. The maximum atomic E-state index is 12.6. The van der Waals surface area contributed by atoms with Gasteiger partial charge in [-0.1, -0.05) is 13.8 Å². The summed E-state index contributed by atoms with van der Waals surface area (Å²) in [5.74, 6) is 2.31. The van der Waals surface area contributed by atoms with Crippen molar-refractivity contribution in [1.29, 1.82) is 0 Å². The van der Waals surface area contributed by atoms with E-state index in [4.69, 9.17) is 4.42 Å². The van der Waals surface area contributed by atoms with Crippen molar-refractivity contribution in [2.24, 2.45) is 5.92 Å². The van der Waals surface area contributed by atoms with E-state index in [2.05, 4.69) is 29.3 Å². The van der Waals surface area contributed by atoms with Crippen molar-refractivity contribution in [2.45, 2.75) is 39.2 Å². The zero-order valence-electron chi connectivity index (χ0n) is 12.4. The molecule has 3 rings (SSSR count). The first-order valence-electron chi connectivity index (χ1n) is 7.44. The third-order valence-corrected chi connectivity index (χ3v) is 4.12. The van der Waals surface area contributed by atoms with Gasteiger partial charge in [-0.3, -0.25) is 4.79 Å². The van der Waals surface area contributed by atoms with E-state index < -0.39 is 0 Å². The highest BCUT2D eigenvalue weighted by molar-refractivity contribution is 5.92. The number of hydrogen-bond donors (Lipinski definition) is 1. The third-order valence-electron chi connectivity index (χ3n) is 4.12. The number of aromatic nitrogens is 3. The molecule has 2 atom stereocenters. The first kappa shape index (κ1) is 13.9. The summed E-state index contributed by atoms with van der Waals surface area (Å²) in [6.07, 6.45) is 4.25. The van der Waals surface area contributed by atoms with Crippen LogP contribution >= 0.6 is 0 Å². The molecule has 2 aromatic rings. The fourth-order valence-corrected chi connectivity index (χ4v) is 2.87. The molecule has 1 aliphatic heterocycles. The molecule has 0 aliphatic carbocycles. The number of piperidine rings is 1. The first-order chi connectivity index (χ1) is 10.2. The van der Waals surface area contributed by atoms with Crippen molar-refractivity contribution < 1.29 is 9.21 Å². The number of nitrogens with one attached hydrogen (secondary N) is 1. The van der Waals surface area contributed by atoms with E-state index in [1.165, 1.54) is 6.20 Å². The number of hydrogen-bond acceptors (Lipinski definition) is 4. The van der Waals surface area contributed by atoms with Crippen molar-refractivity contribution in [1.82, 2.24) is 20.3 Å². The van der Waals surface area contributed by atoms with Gasteiger partial charge in [-0.2, -0.15) is 15.4 Å². The van der Waals surface area contributed by atoms with Crippen LogP contribution in [0.3, 0.4) is 0 Å². The van der Waals surface area contributed by atoms with Gasteiger partial charge in [0.05, 0.1) is 12.2 Å². The van der Waals surface area contributed by atoms with Gasteiger partial charge < -0.3 is 9.32 Å². The molecular formula is C15H20N4O2. The van der Waals surface area contributed by atoms with Crippen LogP contribution in [0.4, 0.5) is 0 Å². The molecule has 0 radical (unpaired) electrons. The van der Waals surface area contributed by atoms with Gasteiger partial charge in [0, 0.05) is 13.0 Å². The largest absolute Gasteiger partial charge is 0.464 e. The molecule has 1 fully saturated rings. The number of furan rings is 1. The average Bonchev–Trinajstić information content (AvgIpc) is 3.18. The van der Waals surface area contributed by atoms with E-state index in [0.717, 1.165) is 37.3 Å². The summed E-state index contributed by atoms with van der Waals surface area (Å²) in [5.41, 5.74) is 0.358. The van der Waals surface area contributed by atoms with E-state index in [9.17, 15) is 4.79 Å². The number of rotatable bonds is 3. The molecule has 21 heavy (non-hydrogen) atoms. The Kier molecular flexibility index (Phi) is 3.77. The van der Waals surface area contributed by atoms with Crippen LogP contribution in [0, 0.1) is 5.92 Å². The molecule has 2 aromatic heterocycles. The van der Waals surface area contributed by atoms with Crippen LogP contribution in [-0.2, 0) is 6.42 Å². The van der Waals surface area contributed by atoms with Crippen molar-refractivity contribution in [2.75, 3.05) is 6.54 Å². The molecule has 6 nitrogen and oxygen atoms in total. The van der Waals surface area contributed by atoms with Crippen LogP contribution < -0.4 is 0 Å². The monoisotopic (exact) mass is 288 g/mol. The maximum Gasteiger partial charge on any atom is 0.276 e. The number of amides is 1. The predicted octanol–water partition coefficient (Wildman–Crippen LogP) is 2.57. The molecule has 2 unspecified atom stereocenters. The maximum absolute atomic E-state index is 12.6. The topological polar surface area (TPSA) is 75.0 Å². The lowest BCUT2D eigenvalue weighted by molar-refractivity contribution is 0.0513. The number of carbonyl (C=O) groups is 1. The van der Waals surface area contributed by atoms with E-state index in [1.54, 1.807) is 0 Å². The Morgan fingerprint density at radius 3 is 3.05 bits per heavy atom. The predicted molar refractivity (Wildman–Crippen MR) is 76.6 cm³/mol. The van der Waals surface area contributed by atoms with E-state index >= 15 is 0 Å². The lowest BCUT2D eigenvalue weighted by Gasteiger charge is -2.37. The third kappa shape index (κ3) is 2.70. The second-order valence-corrected chi connectivity index (χ2v) is 5.66. The fraction of sp³-hybridized carbons (Fsp3) is 0.533. The second-order valence-electron chi connectivity index (χ2n) is 5.66. The first-order valence-corrected chi connectivity index (χ1v) is 7.44. The van der Waals surface area contributed by atoms with E-state index in [-0.39, 0.29) is 11.9 Å². The van der Waals surface area contributed by atoms with Crippen LogP contribution in [0.1, 0.15) is 54.7 Å². The highest BCUT2D eigenvalue weighted by Gasteiger charge is 2.34. The quantitative estimate of drug-likeness (QED) is 0.942. The standard InChI is InChI=1S/C15H20N4O2/c1-3-11-4-5-14(21-11)13-8-10(2)6-7-19(13)15(20)12-9-16-18-17-12/h4-5,9-10,13H,3,6-8H2,1-2H3,(H,16,17,18). The van der Waals surface area contributed by atoms with Crippen molar-refractivity contribution >= 4 is 5.91 Å². The van der Waals surface area contributed by atoms with Gasteiger partial charge >= 0.3 is 0 Å². The van der Waals surface area contributed by atoms with Gasteiger partial charge in [-0.15, -0.1) is 0 Å². The lowest BCUT2D eigenvalue weighted by atomic mass is 9.91. The lowest BCUT2D eigenvalue weighted by Crippen LogP contribution is -2.40. The number of aryl methyl sites for hydroxylation is 1. The van der Waals surface area contributed by atoms with Gasteiger partial charge in [-0.25, -0.2) is 0 Å². The number of likely N-dealkylation sites (tertiary alicyclic amines) is 1. The normalized spacial score (nSPS) is 22.5. The highest BCUT2D eigenvalue weighted by atomic mass is 16.3. The van der Waals surface area contributed by atoms with Crippen molar-refractivity contribution in [3.8, 4) is 0 Å². The number of carbonyl (C=O) groups excluding carboxylic acids is 1. The minimum atomic E-state index is -0.0879. The van der Waals surface area contributed by atoms with Crippen LogP contribution in [-0.4, -0.2) is 32.8 Å². The fourth-order valence-electron chi connectivity index (χ4n) is 2.87. The van der Waals surface area contributed by atoms with Gasteiger partial charge in [0.1, 0.15) is 11.5 Å². The number of nitrogens with zero attached hydrogens (tertiary/aromatic N) is 3. The van der Waals surface area contributed by atoms with Crippen LogP contribution in [0.25, 0.3) is 0 Å². The summed E-state index contributed by atoms with van der Waals surface area (Å²) >= 11 is 0. The molecule has 0 aromatic carbocycles. The highest BCUT2D eigenvalue weighted by Crippen LogP contribution is 2.35. The van der Waals surface area contributed by atoms with E-state index in [1.807, 2.05) is 17.0 Å². The molecular weight excluding hydrogens is 268 g/mol. The summed E-state index contributed by atoms with van der Waals surface area (Å²) in [6, 6.07) is 3.97. The molecule has 1 amide bonds. The minimum absolute atomic E-state index is 0.0155. The van der Waals surface area contributed by atoms with Gasteiger partial charge in [0.2, 0.25) is 0 Å². The molecule has 0 saturated carbocycles. The Balaban J connectivity index is 1.87. The molecule has 6 heteroatoms. The van der Waals surface area contributed by atoms with Gasteiger partial charge in [0.25, 0.3) is 5.91 Å². The van der Waals surface area contributed by atoms with Gasteiger partial charge in [-0.05, 0) is 30.9 Å². The molecule has 1 N–H and O–H groups in total. The Hall–Kier alpha value is -2.11. The molecule has 112 valence electrons. The zero-order chi connectivity index (χ0) is 14.8. The van der Waals surface area contributed by atoms with Crippen LogP contribution in [0.5, 0.6) is 0 Å². The Bertz CT molecular complexity index is 605. The number of H-pyrrole nitrogens is 1. The molecule has 1 saturated heterocycles. The second kappa shape index (κ2) is 5.71. The Morgan fingerprint density at radius 1 is 1.52 bits per heavy atom. The van der Waals surface area contributed by atoms with Gasteiger partial charge in [0.15, 0.2) is 5.69 Å². The SMILES string of the molecule is CCc1ccc(C2CC(C)CCN2C(=O)c2cn[nH]n2)o1.